The number of amides is 1. The molecule has 8 heteroatoms. The van der Waals surface area contributed by atoms with Crippen molar-refractivity contribution in [2.45, 2.75) is 52.0 Å². The Bertz CT molecular complexity index is 706. The molecule has 1 amide bonds. The second kappa shape index (κ2) is 7.74. The smallest absolute Gasteiger partial charge is 0.250 e. The van der Waals surface area contributed by atoms with E-state index in [-0.39, 0.29) is 11.3 Å². The molecule has 0 fully saturated rings. The molecule has 2 heterocycles. The molecule has 0 aromatic carbocycles. The van der Waals surface area contributed by atoms with Crippen molar-refractivity contribution in [2.75, 3.05) is 5.32 Å². The number of hydrogen-bond acceptors (Lipinski definition) is 4. The first-order valence-corrected chi connectivity index (χ1v) is 9.34. The molecule has 2 rings (SSSR count). The number of aromatic nitrogens is 4. The average molecular weight is 459 g/mol. The standard InChI is InChI=1S/C16H21Br2N5O/c1-5-6-11(15(24)21-13-8-19-12(18)7-20-13)23-9-10(17)14(22-23)16(2,3)4/h7-9,11H,5-6H2,1-4H3,(H,20,21,24). The highest BCUT2D eigenvalue weighted by Crippen LogP contribution is 2.30. The highest BCUT2D eigenvalue weighted by molar-refractivity contribution is 9.10. The van der Waals surface area contributed by atoms with Gasteiger partial charge < -0.3 is 5.32 Å². The maximum atomic E-state index is 12.7. The Morgan fingerprint density at radius 2 is 2.00 bits per heavy atom. The second-order valence-electron chi connectivity index (χ2n) is 6.57. The SMILES string of the molecule is CCCC(C(=O)Nc1cnc(Br)cn1)n1cc(Br)c(C(C)(C)C)n1. The summed E-state index contributed by atoms with van der Waals surface area (Å²) in [4.78, 5) is 20.9. The number of nitrogens with zero attached hydrogens (tertiary/aromatic N) is 4. The number of carbonyl (C=O) groups is 1. The molecule has 0 aliphatic heterocycles. The lowest BCUT2D eigenvalue weighted by atomic mass is 9.93. The van der Waals surface area contributed by atoms with Crippen LogP contribution in [0.2, 0.25) is 0 Å². The molecule has 0 bridgehead atoms. The Kier molecular flexibility index (Phi) is 6.14. The molecule has 2 aromatic rings. The first kappa shape index (κ1) is 19.1. The van der Waals surface area contributed by atoms with E-state index >= 15 is 0 Å². The molecular formula is C16H21Br2N5O. The molecule has 0 spiro atoms. The molecule has 1 N–H and O–H groups in total. The van der Waals surface area contributed by atoms with Crippen LogP contribution in [0.1, 0.15) is 52.3 Å². The summed E-state index contributed by atoms with van der Waals surface area (Å²) in [6.45, 7) is 8.33. The Hall–Kier alpha value is -1.28. The van der Waals surface area contributed by atoms with Crippen LogP contribution >= 0.6 is 31.9 Å². The summed E-state index contributed by atoms with van der Waals surface area (Å²) in [6, 6.07) is -0.396. The molecule has 0 saturated carbocycles. The highest BCUT2D eigenvalue weighted by atomic mass is 79.9. The van der Waals surface area contributed by atoms with Gasteiger partial charge in [0.25, 0.3) is 0 Å². The van der Waals surface area contributed by atoms with Gasteiger partial charge in [-0.15, -0.1) is 0 Å². The monoisotopic (exact) mass is 457 g/mol. The molecule has 130 valence electrons. The number of hydrogen-bond donors (Lipinski definition) is 1. The predicted octanol–water partition coefficient (Wildman–Crippen LogP) is 4.48. The Morgan fingerprint density at radius 3 is 2.50 bits per heavy atom. The Morgan fingerprint density at radius 1 is 1.29 bits per heavy atom. The van der Waals surface area contributed by atoms with E-state index in [1.165, 1.54) is 6.20 Å². The molecule has 0 aliphatic rings. The van der Waals surface area contributed by atoms with E-state index in [0.717, 1.165) is 16.6 Å². The van der Waals surface area contributed by atoms with Crippen LogP contribution < -0.4 is 5.32 Å². The van der Waals surface area contributed by atoms with Crippen molar-refractivity contribution < 1.29 is 4.79 Å². The van der Waals surface area contributed by atoms with Gasteiger partial charge in [-0.05, 0) is 38.3 Å². The molecule has 24 heavy (non-hydrogen) atoms. The molecule has 1 unspecified atom stereocenters. The lowest BCUT2D eigenvalue weighted by molar-refractivity contribution is -0.119. The third kappa shape index (κ3) is 4.63. The summed E-state index contributed by atoms with van der Waals surface area (Å²) in [5, 5.41) is 7.45. The van der Waals surface area contributed by atoms with Crippen molar-refractivity contribution in [1.29, 1.82) is 0 Å². The maximum Gasteiger partial charge on any atom is 0.250 e. The summed E-state index contributed by atoms with van der Waals surface area (Å²) >= 11 is 6.78. The van der Waals surface area contributed by atoms with Crippen LogP contribution in [0.15, 0.2) is 27.7 Å². The number of nitrogens with one attached hydrogen (secondary N) is 1. The Balaban J connectivity index is 2.25. The van der Waals surface area contributed by atoms with Crippen LogP contribution in [0.4, 0.5) is 5.82 Å². The van der Waals surface area contributed by atoms with Gasteiger partial charge in [0.1, 0.15) is 10.6 Å². The van der Waals surface area contributed by atoms with Gasteiger partial charge in [-0.2, -0.15) is 5.10 Å². The zero-order valence-electron chi connectivity index (χ0n) is 14.2. The predicted molar refractivity (Wildman–Crippen MR) is 101 cm³/mol. The van der Waals surface area contributed by atoms with Crippen LogP contribution in [0.25, 0.3) is 0 Å². The highest BCUT2D eigenvalue weighted by Gasteiger charge is 2.26. The number of halogens is 2. The molecular weight excluding hydrogens is 438 g/mol. The number of anilines is 1. The van der Waals surface area contributed by atoms with Gasteiger partial charge in [0.05, 0.1) is 22.6 Å². The van der Waals surface area contributed by atoms with E-state index in [1.54, 1.807) is 10.9 Å². The maximum absolute atomic E-state index is 12.7. The summed E-state index contributed by atoms with van der Waals surface area (Å²) in [6.07, 6.45) is 6.49. The molecule has 1 atom stereocenters. The third-order valence-electron chi connectivity index (χ3n) is 3.45. The van der Waals surface area contributed by atoms with Crippen LogP contribution in [0.5, 0.6) is 0 Å². The summed E-state index contributed by atoms with van der Waals surface area (Å²) in [5.41, 5.74) is 0.828. The van der Waals surface area contributed by atoms with Gasteiger partial charge in [-0.25, -0.2) is 9.97 Å². The fourth-order valence-electron chi connectivity index (χ4n) is 2.28. The van der Waals surface area contributed by atoms with Crippen molar-refractivity contribution in [3.63, 3.8) is 0 Å². The average Bonchev–Trinajstić information content (AvgIpc) is 2.88. The Labute approximate surface area is 158 Å². The van der Waals surface area contributed by atoms with Gasteiger partial charge in [-0.1, -0.05) is 34.1 Å². The van der Waals surface area contributed by atoms with Gasteiger partial charge >= 0.3 is 0 Å². The van der Waals surface area contributed by atoms with Crippen LogP contribution in [-0.2, 0) is 10.2 Å². The lowest BCUT2D eigenvalue weighted by Gasteiger charge is -2.18. The van der Waals surface area contributed by atoms with E-state index in [2.05, 4.69) is 73.0 Å². The molecule has 0 radical (unpaired) electrons. The lowest BCUT2D eigenvalue weighted by Crippen LogP contribution is -2.27. The normalized spacial score (nSPS) is 12.9. The molecule has 6 nitrogen and oxygen atoms in total. The van der Waals surface area contributed by atoms with Crippen molar-refractivity contribution in [3.05, 3.63) is 33.4 Å². The first-order valence-electron chi connectivity index (χ1n) is 7.76. The summed E-state index contributed by atoms with van der Waals surface area (Å²) < 4.78 is 3.26. The van der Waals surface area contributed by atoms with Crippen LogP contribution in [-0.4, -0.2) is 25.7 Å². The van der Waals surface area contributed by atoms with Gasteiger partial charge in [0, 0.05) is 11.6 Å². The fourth-order valence-corrected chi connectivity index (χ4v) is 3.37. The van der Waals surface area contributed by atoms with E-state index in [0.29, 0.717) is 16.8 Å². The van der Waals surface area contributed by atoms with Crippen molar-refractivity contribution in [2.24, 2.45) is 0 Å². The van der Waals surface area contributed by atoms with E-state index in [9.17, 15) is 4.79 Å². The minimum Gasteiger partial charge on any atom is -0.308 e. The third-order valence-corrected chi connectivity index (χ3v) is 4.44. The summed E-state index contributed by atoms with van der Waals surface area (Å²) in [5.74, 6) is 0.274. The van der Waals surface area contributed by atoms with Crippen molar-refractivity contribution in [3.8, 4) is 0 Å². The molecule has 2 aromatic heterocycles. The fraction of sp³-hybridized carbons (Fsp3) is 0.500. The largest absolute Gasteiger partial charge is 0.308 e. The topological polar surface area (TPSA) is 72.7 Å². The van der Waals surface area contributed by atoms with Gasteiger partial charge in [0.15, 0.2) is 5.82 Å². The van der Waals surface area contributed by atoms with Crippen LogP contribution in [0.3, 0.4) is 0 Å². The summed E-state index contributed by atoms with van der Waals surface area (Å²) in [7, 11) is 0. The quantitative estimate of drug-likeness (QED) is 0.716. The van der Waals surface area contributed by atoms with Crippen LogP contribution in [0, 0.1) is 0 Å². The first-order chi connectivity index (χ1) is 11.2. The van der Waals surface area contributed by atoms with E-state index in [1.807, 2.05) is 13.1 Å². The van der Waals surface area contributed by atoms with Crippen molar-refractivity contribution >= 4 is 43.6 Å². The zero-order valence-corrected chi connectivity index (χ0v) is 17.3. The molecule has 0 aliphatic carbocycles. The molecule has 0 saturated heterocycles. The van der Waals surface area contributed by atoms with Gasteiger partial charge in [0.2, 0.25) is 5.91 Å². The van der Waals surface area contributed by atoms with E-state index in [4.69, 9.17) is 0 Å². The number of carbonyl (C=O) groups excluding carboxylic acids is 1. The van der Waals surface area contributed by atoms with Crippen molar-refractivity contribution in [1.82, 2.24) is 19.7 Å². The minimum absolute atomic E-state index is 0.103. The minimum atomic E-state index is -0.396. The number of rotatable bonds is 5. The van der Waals surface area contributed by atoms with E-state index < -0.39 is 6.04 Å². The van der Waals surface area contributed by atoms with Gasteiger partial charge in [-0.3, -0.25) is 9.48 Å². The zero-order chi connectivity index (χ0) is 17.9. The second-order valence-corrected chi connectivity index (χ2v) is 8.24.